The molecule has 132 valence electrons. The molecule has 0 atom stereocenters. The number of para-hydroxylation sites is 1. The summed E-state index contributed by atoms with van der Waals surface area (Å²) in [6.07, 6.45) is 2.38. The zero-order valence-corrected chi connectivity index (χ0v) is 13.9. The highest BCUT2D eigenvalue weighted by atomic mass is 19.1. The number of halogens is 1. The number of aromatic nitrogens is 1. The molecule has 2 aromatic rings. The molecule has 0 unspecified atom stereocenters. The van der Waals surface area contributed by atoms with Crippen LogP contribution in [-0.2, 0) is 16.1 Å². The van der Waals surface area contributed by atoms with Gasteiger partial charge in [-0.05, 0) is 24.6 Å². The summed E-state index contributed by atoms with van der Waals surface area (Å²) in [5.41, 5.74) is 0.640. The molecule has 7 heteroatoms. The molecule has 1 aromatic heterocycles. The highest BCUT2D eigenvalue weighted by Crippen LogP contribution is 2.25. The second-order valence-electron chi connectivity index (χ2n) is 5.36. The fourth-order valence-corrected chi connectivity index (χ4v) is 2.08. The van der Waals surface area contributed by atoms with E-state index in [0.29, 0.717) is 24.9 Å². The van der Waals surface area contributed by atoms with Gasteiger partial charge >= 0.3 is 0 Å². The van der Waals surface area contributed by atoms with Crippen LogP contribution in [0.1, 0.15) is 25.3 Å². The molecule has 2 N–H and O–H groups in total. The van der Waals surface area contributed by atoms with Crippen molar-refractivity contribution >= 4 is 11.8 Å². The zero-order valence-electron chi connectivity index (χ0n) is 13.9. The van der Waals surface area contributed by atoms with Crippen LogP contribution in [0.2, 0.25) is 0 Å². The monoisotopic (exact) mass is 345 g/mol. The number of nitrogens with one attached hydrogen (secondary N) is 2. The normalized spacial score (nSPS) is 10.2. The van der Waals surface area contributed by atoms with E-state index in [2.05, 4.69) is 15.6 Å². The lowest BCUT2D eigenvalue weighted by Gasteiger charge is -2.11. The first-order valence-corrected chi connectivity index (χ1v) is 7.93. The molecule has 1 aromatic carbocycles. The maximum Gasteiger partial charge on any atom is 0.224 e. The number of hydrogen-bond donors (Lipinski definition) is 2. The van der Waals surface area contributed by atoms with E-state index in [9.17, 15) is 14.0 Å². The Balaban J connectivity index is 1.89. The molecule has 2 amide bonds. The number of carbonyl (C=O) groups excluding carboxylic acids is 2. The van der Waals surface area contributed by atoms with Crippen molar-refractivity contribution in [3.05, 3.63) is 54.0 Å². The van der Waals surface area contributed by atoms with Crippen molar-refractivity contribution in [2.75, 3.05) is 6.54 Å². The van der Waals surface area contributed by atoms with Crippen molar-refractivity contribution in [3.8, 4) is 11.6 Å². The summed E-state index contributed by atoms with van der Waals surface area (Å²) < 4.78 is 19.2. The van der Waals surface area contributed by atoms with Crippen LogP contribution in [0, 0.1) is 5.82 Å². The molecule has 25 heavy (non-hydrogen) atoms. The quantitative estimate of drug-likeness (QED) is 0.721. The Kier molecular flexibility index (Phi) is 6.88. The number of hydrogen-bond acceptors (Lipinski definition) is 4. The third-order valence-electron chi connectivity index (χ3n) is 3.32. The van der Waals surface area contributed by atoms with E-state index in [4.69, 9.17) is 4.74 Å². The third kappa shape index (κ3) is 6.21. The Hall–Kier alpha value is -2.96. The first-order chi connectivity index (χ1) is 12.1. The molecule has 2 rings (SSSR count). The van der Waals surface area contributed by atoms with E-state index in [1.807, 2.05) is 0 Å². The van der Waals surface area contributed by atoms with Gasteiger partial charge in [0.1, 0.15) is 0 Å². The molecular weight excluding hydrogens is 325 g/mol. The van der Waals surface area contributed by atoms with Crippen molar-refractivity contribution in [2.24, 2.45) is 0 Å². The van der Waals surface area contributed by atoms with Crippen molar-refractivity contribution in [3.63, 3.8) is 0 Å². The topological polar surface area (TPSA) is 80.3 Å². The van der Waals surface area contributed by atoms with Crippen molar-refractivity contribution in [1.29, 1.82) is 0 Å². The molecule has 0 saturated carbocycles. The number of amides is 2. The minimum atomic E-state index is -0.485. The van der Waals surface area contributed by atoms with Gasteiger partial charge < -0.3 is 15.4 Å². The average molecular weight is 345 g/mol. The van der Waals surface area contributed by atoms with Crippen molar-refractivity contribution in [2.45, 2.75) is 26.3 Å². The SMILES string of the molecule is CC(=O)NCCCC(=O)NCc1cccnc1Oc1ccccc1F. The molecule has 0 aliphatic rings. The van der Waals surface area contributed by atoms with Gasteiger partial charge in [-0.25, -0.2) is 9.37 Å². The smallest absolute Gasteiger partial charge is 0.224 e. The number of rotatable bonds is 8. The number of carbonyl (C=O) groups is 2. The third-order valence-corrected chi connectivity index (χ3v) is 3.32. The maximum atomic E-state index is 13.7. The minimum absolute atomic E-state index is 0.0732. The Bertz CT molecular complexity index is 737. The number of nitrogens with zero attached hydrogens (tertiary/aromatic N) is 1. The summed E-state index contributed by atoms with van der Waals surface area (Å²) in [4.78, 5) is 26.7. The number of ether oxygens (including phenoxy) is 1. The van der Waals surface area contributed by atoms with Crippen LogP contribution in [0.5, 0.6) is 11.6 Å². The first kappa shape index (κ1) is 18.4. The molecule has 0 aliphatic carbocycles. The largest absolute Gasteiger partial charge is 0.436 e. The van der Waals surface area contributed by atoms with Crippen LogP contribution >= 0.6 is 0 Å². The predicted molar refractivity (Wildman–Crippen MR) is 90.5 cm³/mol. The number of benzene rings is 1. The molecule has 1 heterocycles. The van der Waals surface area contributed by atoms with E-state index < -0.39 is 5.82 Å². The average Bonchev–Trinajstić information content (AvgIpc) is 2.60. The van der Waals surface area contributed by atoms with Gasteiger partial charge in [0.05, 0.1) is 0 Å². The van der Waals surface area contributed by atoms with Crippen LogP contribution in [0.25, 0.3) is 0 Å². The Labute approximate surface area is 145 Å². The first-order valence-electron chi connectivity index (χ1n) is 7.93. The molecular formula is C18H20FN3O3. The van der Waals surface area contributed by atoms with Gasteiger partial charge in [0.2, 0.25) is 17.7 Å². The summed E-state index contributed by atoms with van der Waals surface area (Å²) in [5.74, 6) is -0.437. The summed E-state index contributed by atoms with van der Waals surface area (Å²) in [6, 6.07) is 9.51. The second-order valence-corrected chi connectivity index (χ2v) is 5.36. The molecule has 0 fully saturated rings. The predicted octanol–water partition coefficient (Wildman–Crippen LogP) is 2.55. The number of pyridine rings is 1. The summed E-state index contributed by atoms with van der Waals surface area (Å²) in [5, 5.41) is 5.39. The Morgan fingerprint density at radius 3 is 2.72 bits per heavy atom. The van der Waals surface area contributed by atoms with E-state index in [0.717, 1.165) is 0 Å². The standard InChI is InChI=1S/C18H20FN3O3/c1-13(23)20-10-5-9-17(24)22-12-14-6-4-11-21-18(14)25-16-8-3-2-7-15(16)19/h2-4,6-8,11H,5,9-10,12H2,1H3,(H,20,23)(H,22,24). The van der Waals surface area contributed by atoms with Gasteiger partial charge in [-0.1, -0.05) is 18.2 Å². The van der Waals surface area contributed by atoms with Crippen LogP contribution in [-0.4, -0.2) is 23.3 Å². The Morgan fingerprint density at radius 1 is 1.16 bits per heavy atom. The summed E-state index contributed by atoms with van der Waals surface area (Å²) in [7, 11) is 0. The van der Waals surface area contributed by atoms with Crippen molar-refractivity contribution in [1.82, 2.24) is 15.6 Å². The zero-order chi connectivity index (χ0) is 18.1. The van der Waals surface area contributed by atoms with Crippen LogP contribution in [0.15, 0.2) is 42.6 Å². The van der Waals surface area contributed by atoms with Gasteiger partial charge in [-0.2, -0.15) is 0 Å². The lowest BCUT2D eigenvalue weighted by atomic mass is 10.2. The maximum absolute atomic E-state index is 13.7. The fraction of sp³-hybridized carbons (Fsp3) is 0.278. The van der Waals surface area contributed by atoms with Gasteiger partial charge in [-0.3, -0.25) is 9.59 Å². The lowest BCUT2D eigenvalue weighted by molar-refractivity contribution is -0.122. The molecule has 0 radical (unpaired) electrons. The molecule has 0 saturated heterocycles. The van der Waals surface area contributed by atoms with Gasteiger partial charge in [0, 0.05) is 38.2 Å². The second kappa shape index (κ2) is 9.36. The molecule has 0 spiro atoms. The van der Waals surface area contributed by atoms with Crippen LogP contribution in [0.4, 0.5) is 4.39 Å². The highest BCUT2D eigenvalue weighted by Gasteiger charge is 2.10. The van der Waals surface area contributed by atoms with Crippen molar-refractivity contribution < 1.29 is 18.7 Å². The molecule has 0 bridgehead atoms. The van der Waals surface area contributed by atoms with Gasteiger partial charge in [0.15, 0.2) is 11.6 Å². The minimum Gasteiger partial charge on any atom is -0.436 e. The lowest BCUT2D eigenvalue weighted by Crippen LogP contribution is -2.26. The summed E-state index contributed by atoms with van der Waals surface area (Å²) >= 11 is 0. The molecule has 6 nitrogen and oxygen atoms in total. The summed E-state index contributed by atoms with van der Waals surface area (Å²) in [6.45, 7) is 2.10. The molecule has 0 aliphatic heterocycles. The van der Waals surface area contributed by atoms with E-state index in [-0.39, 0.29) is 30.0 Å². The van der Waals surface area contributed by atoms with Crippen LogP contribution < -0.4 is 15.4 Å². The highest BCUT2D eigenvalue weighted by molar-refractivity contribution is 5.76. The van der Waals surface area contributed by atoms with Gasteiger partial charge in [0.25, 0.3) is 0 Å². The van der Waals surface area contributed by atoms with E-state index in [1.165, 1.54) is 25.3 Å². The van der Waals surface area contributed by atoms with Crippen LogP contribution in [0.3, 0.4) is 0 Å². The van der Waals surface area contributed by atoms with E-state index >= 15 is 0 Å². The Morgan fingerprint density at radius 2 is 1.96 bits per heavy atom. The van der Waals surface area contributed by atoms with Gasteiger partial charge in [-0.15, -0.1) is 0 Å². The van der Waals surface area contributed by atoms with E-state index in [1.54, 1.807) is 24.3 Å². The fourth-order valence-electron chi connectivity index (χ4n) is 2.08.